The van der Waals surface area contributed by atoms with Crippen LogP contribution in [0.1, 0.15) is 50.8 Å². The van der Waals surface area contributed by atoms with Crippen LogP contribution in [0.4, 0.5) is 5.00 Å². The van der Waals surface area contributed by atoms with E-state index >= 15 is 0 Å². The van der Waals surface area contributed by atoms with Crippen molar-refractivity contribution in [1.82, 2.24) is 10.2 Å². The zero-order valence-electron chi connectivity index (χ0n) is 17.7. The Hall–Kier alpha value is -2.83. The Bertz CT molecular complexity index is 1290. The molecule has 33 heavy (non-hydrogen) atoms. The maximum atomic E-state index is 12.6. The number of aromatic nitrogens is 2. The molecule has 0 fully saturated rings. The number of carbonyl (C=O) groups is 2. The van der Waals surface area contributed by atoms with Gasteiger partial charge in [0.25, 0.3) is 0 Å². The summed E-state index contributed by atoms with van der Waals surface area (Å²) < 4.78 is 35.4. The molecule has 0 bridgehead atoms. The summed E-state index contributed by atoms with van der Waals surface area (Å²) in [5.74, 6) is -2.23. The van der Waals surface area contributed by atoms with Crippen molar-refractivity contribution in [3.63, 3.8) is 0 Å². The molecule has 9 nitrogen and oxygen atoms in total. The van der Waals surface area contributed by atoms with Crippen LogP contribution < -0.4 is 5.32 Å². The standard InChI is InChI=1S/C21H21N3O6S3/c1-29-20(26)18-14-7-3-2-4-8-15(14)32-19(18)22-16(25)12-33(27,28)21-24-23-17(30-21)10-9-13-6-5-11-31-13/h5-6,9-11H,2-4,7-8,12H2,1H3,(H,22,25). The summed E-state index contributed by atoms with van der Waals surface area (Å²) in [4.78, 5) is 26.9. The molecule has 0 saturated heterocycles. The third-order valence-corrected chi connectivity index (χ3v) is 8.39. The quantitative estimate of drug-likeness (QED) is 0.377. The maximum absolute atomic E-state index is 12.6. The molecule has 4 rings (SSSR count). The molecule has 0 radical (unpaired) electrons. The summed E-state index contributed by atoms with van der Waals surface area (Å²) >= 11 is 2.79. The number of nitrogens with one attached hydrogen (secondary N) is 1. The summed E-state index contributed by atoms with van der Waals surface area (Å²) in [6, 6.07) is 3.76. The van der Waals surface area contributed by atoms with Crippen molar-refractivity contribution < 1.29 is 27.2 Å². The number of anilines is 1. The van der Waals surface area contributed by atoms with Crippen molar-refractivity contribution in [2.45, 2.75) is 37.3 Å². The number of hydrogen-bond donors (Lipinski definition) is 1. The van der Waals surface area contributed by atoms with Gasteiger partial charge >= 0.3 is 11.2 Å². The van der Waals surface area contributed by atoms with Gasteiger partial charge in [0.2, 0.25) is 21.6 Å². The van der Waals surface area contributed by atoms with Gasteiger partial charge in [-0.25, -0.2) is 13.2 Å². The van der Waals surface area contributed by atoms with Crippen LogP contribution >= 0.6 is 22.7 Å². The van der Waals surface area contributed by atoms with Crippen LogP contribution in [-0.4, -0.2) is 43.4 Å². The highest BCUT2D eigenvalue weighted by Crippen LogP contribution is 2.38. The molecule has 1 amide bonds. The smallest absolute Gasteiger partial charge is 0.341 e. The first-order valence-corrected chi connectivity index (χ1v) is 13.5. The molecule has 3 heterocycles. The van der Waals surface area contributed by atoms with E-state index in [0.717, 1.165) is 41.0 Å². The van der Waals surface area contributed by atoms with Crippen LogP contribution in [0.15, 0.2) is 27.2 Å². The van der Waals surface area contributed by atoms with Gasteiger partial charge in [-0.3, -0.25) is 4.79 Å². The van der Waals surface area contributed by atoms with E-state index < -0.39 is 32.7 Å². The summed E-state index contributed by atoms with van der Waals surface area (Å²) in [5, 5.41) is 11.4. The number of fused-ring (bicyclic) bond motifs is 1. The Morgan fingerprint density at radius 1 is 1.21 bits per heavy atom. The average molecular weight is 508 g/mol. The van der Waals surface area contributed by atoms with Crippen LogP contribution in [0, 0.1) is 0 Å². The van der Waals surface area contributed by atoms with Crippen LogP contribution in [0.25, 0.3) is 12.2 Å². The fourth-order valence-corrected chi connectivity index (χ4v) is 6.33. The minimum absolute atomic E-state index is 0.0114. The van der Waals surface area contributed by atoms with Crippen molar-refractivity contribution in [3.05, 3.63) is 44.3 Å². The van der Waals surface area contributed by atoms with E-state index in [1.54, 1.807) is 6.08 Å². The Kier molecular flexibility index (Phi) is 7.05. The third kappa shape index (κ3) is 5.40. The molecular weight excluding hydrogens is 486 g/mol. The van der Waals surface area contributed by atoms with Crippen molar-refractivity contribution >= 4 is 61.5 Å². The number of carbonyl (C=O) groups excluding carboxylic acids is 2. The van der Waals surface area contributed by atoms with Gasteiger partial charge in [0.1, 0.15) is 10.8 Å². The van der Waals surface area contributed by atoms with E-state index in [1.165, 1.54) is 35.9 Å². The second-order valence-electron chi connectivity index (χ2n) is 7.32. The van der Waals surface area contributed by atoms with Gasteiger partial charge in [0.15, 0.2) is 0 Å². The van der Waals surface area contributed by atoms with E-state index in [9.17, 15) is 18.0 Å². The lowest BCUT2D eigenvalue weighted by atomic mass is 10.1. The van der Waals surface area contributed by atoms with E-state index in [2.05, 4.69) is 15.5 Å². The molecule has 0 aliphatic heterocycles. The number of amides is 1. The minimum atomic E-state index is -4.17. The van der Waals surface area contributed by atoms with Crippen molar-refractivity contribution in [3.8, 4) is 0 Å². The first-order valence-electron chi connectivity index (χ1n) is 10.2. The molecule has 0 saturated carbocycles. The third-order valence-electron chi connectivity index (χ3n) is 5.01. The zero-order valence-corrected chi connectivity index (χ0v) is 20.1. The molecule has 12 heteroatoms. The lowest BCUT2D eigenvalue weighted by Gasteiger charge is -2.07. The SMILES string of the molecule is COC(=O)c1c(NC(=O)CS(=O)(=O)c2nnc(C=Cc3cccs3)o2)sc2c1CCCCC2. The topological polar surface area (TPSA) is 128 Å². The highest BCUT2D eigenvalue weighted by Gasteiger charge is 2.29. The molecule has 3 aromatic rings. The van der Waals surface area contributed by atoms with Gasteiger partial charge < -0.3 is 14.5 Å². The number of esters is 1. The van der Waals surface area contributed by atoms with Gasteiger partial charge in [0, 0.05) is 15.8 Å². The summed E-state index contributed by atoms with van der Waals surface area (Å²) in [6.45, 7) is 0. The van der Waals surface area contributed by atoms with Crippen molar-refractivity contribution in [1.29, 1.82) is 0 Å². The molecule has 0 unspecified atom stereocenters. The molecule has 0 aromatic carbocycles. The van der Waals surface area contributed by atoms with Crippen molar-refractivity contribution in [2.75, 3.05) is 18.2 Å². The number of rotatable bonds is 7. The van der Waals surface area contributed by atoms with Crippen molar-refractivity contribution in [2.24, 2.45) is 0 Å². The molecule has 0 spiro atoms. The maximum Gasteiger partial charge on any atom is 0.341 e. The zero-order chi connectivity index (χ0) is 23.4. The minimum Gasteiger partial charge on any atom is -0.465 e. The molecule has 0 atom stereocenters. The second kappa shape index (κ2) is 9.98. The van der Waals surface area contributed by atoms with Gasteiger partial charge in [0.05, 0.1) is 12.7 Å². The fraction of sp³-hybridized carbons (Fsp3) is 0.333. The lowest BCUT2D eigenvalue weighted by molar-refractivity contribution is -0.113. The van der Waals surface area contributed by atoms with E-state index in [-0.39, 0.29) is 5.89 Å². The Labute approximate surface area is 198 Å². The highest BCUT2D eigenvalue weighted by atomic mass is 32.2. The molecule has 1 N–H and O–H groups in total. The first kappa shape index (κ1) is 23.3. The average Bonchev–Trinajstić information content (AvgIpc) is 3.49. The fourth-order valence-electron chi connectivity index (χ4n) is 3.50. The van der Waals surface area contributed by atoms with Gasteiger partial charge in [-0.05, 0) is 48.8 Å². The first-order chi connectivity index (χ1) is 15.9. The normalized spacial score (nSPS) is 14.1. The van der Waals surface area contributed by atoms with Crippen LogP contribution in [-0.2, 0) is 32.2 Å². The van der Waals surface area contributed by atoms with E-state index in [1.807, 2.05) is 17.5 Å². The Morgan fingerprint density at radius 3 is 2.79 bits per heavy atom. The lowest BCUT2D eigenvalue weighted by Crippen LogP contribution is -2.24. The number of sulfone groups is 1. The van der Waals surface area contributed by atoms with Crippen LogP contribution in [0.2, 0.25) is 0 Å². The predicted octanol–water partition coefficient (Wildman–Crippen LogP) is 3.83. The Morgan fingerprint density at radius 2 is 2.03 bits per heavy atom. The highest BCUT2D eigenvalue weighted by molar-refractivity contribution is 7.91. The second-order valence-corrected chi connectivity index (χ2v) is 11.3. The van der Waals surface area contributed by atoms with E-state index in [0.29, 0.717) is 17.0 Å². The molecule has 1 aliphatic rings. The number of nitrogens with zero attached hydrogens (tertiary/aromatic N) is 2. The van der Waals surface area contributed by atoms with E-state index in [4.69, 9.17) is 9.15 Å². The molecule has 3 aromatic heterocycles. The van der Waals surface area contributed by atoms with Gasteiger partial charge in [-0.1, -0.05) is 17.6 Å². The van der Waals surface area contributed by atoms with Gasteiger partial charge in [-0.2, -0.15) is 0 Å². The number of thiophene rings is 2. The van der Waals surface area contributed by atoms with Crippen LogP contribution in [0.5, 0.6) is 0 Å². The number of ether oxygens (including phenoxy) is 1. The predicted molar refractivity (Wildman–Crippen MR) is 125 cm³/mol. The summed E-state index contributed by atoms with van der Waals surface area (Å²) in [7, 11) is -2.90. The van der Waals surface area contributed by atoms with Crippen LogP contribution in [0.3, 0.4) is 0 Å². The molecular formula is C21H21N3O6S3. The number of methoxy groups -OCH3 is 1. The number of aryl methyl sites for hydroxylation is 1. The summed E-state index contributed by atoms with van der Waals surface area (Å²) in [6.07, 6.45) is 7.74. The van der Waals surface area contributed by atoms with Gasteiger partial charge in [-0.15, -0.1) is 27.8 Å². The molecule has 1 aliphatic carbocycles. The Balaban J connectivity index is 1.49. The largest absolute Gasteiger partial charge is 0.465 e. The summed E-state index contributed by atoms with van der Waals surface area (Å²) in [5.41, 5.74) is 1.19. The monoisotopic (exact) mass is 507 g/mol. The number of hydrogen-bond acceptors (Lipinski definition) is 10. The molecule has 174 valence electrons.